The van der Waals surface area contributed by atoms with Gasteiger partial charge in [-0.1, -0.05) is 12.1 Å². The second-order valence-corrected chi connectivity index (χ2v) is 9.46. The second kappa shape index (κ2) is 10.2. The molecule has 5 N–H and O–H groups in total. The zero-order chi connectivity index (χ0) is 25.1. The molecule has 1 aromatic carbocycles. The first-order valence-corrected chi connectivity index (χ1v) is 12.0. The number of primary amides is 1. The van der Waals surface area contributed by atoms with Gasteiger partial charge in [-0.3, -0.25) is 14.4 Å². The Morgan fingerprint density at radius 2 is 1.63 bits per heavy atom. The second-order valence-electron chi connectivity index (χ2n) is 9.46. The van der Waals surface area contributed by atoms with E-state index < -0.39 is 5.91 Å². The van der Waals surface area contributed by atoms with Crippen molar-refractivity contribution in [1.29, 1.82) is 0 Å². The molecule has 9 nitrogen and oxygen atoms in total. The zero-order valence-electron chi connectivity index (χ0n) is 20.3. The summed E-state index contributed by atoms with van der Waals surface area (Å²) >= 11 is 0. The largest absolute Gasteiger partial charge is 0.380 e. The van der Waals surface area contributed by atoms with Gasteiger partial charge < -0.3 is 21.7 Å². The van der Waals surface area contributed by atoms with Crippen LogP contribution in [0.3, 0.4) is 0 Å². The number of anilines is 1. The Hall–Kier alpha value is -3.88. The summed E-state index contributed by atoms with van der Waals surface area (Å²) in [5.74, 6) is -0.653. The zero-order valence-corrected chi connectivity index (χ0v) is 20.3. The number of carbonyl (C=O) groups is 3. The van der Waals surface area contributed by atoms with E-state index in [0.29, 0.717) is 11.1 Å². The SMILES string of the molecule is CC(=O)N[C@H]1CC[C@H](NC(=O)c2cnn3cc(-c4ccc(C(N)=O)cc4)cc3c2NC(C)C)CC1. The maximum absolute atomic E-state index is 13.3. The molecule has 9 heteroatoms. The van der Waals surface area contributed by atoms with Crippen LogP contribution in [0.4, 0.5) is 5.69 Å². The highest BCUT2D eigenvalue weighted by molar-refractivity contribution is 6.03. The number of nitrogens with one attached hydrogen (secondary N) is 3. The summed E-state index contributed by atoms with van der Waals surface area (Å²) in [6, 6.07) is 9.39. The van der Waals surface area contributed by atoms with Crippen LogP contribution in [0.2, 0.25) is 0 Å². The third kappa shape index (κ3) is 5.62. The van der Waals surface area contributed by atoms with Crippen molar-refractivity contribution < 1.29 is 14.4 Å². The first-order valence-electron chi connectivity index (χ1n) is 12.0. The van der Waals surface area contributed by atoms with Crippen molar-refractivity contribution in [1.82, 2.24) is 20.2 Å². The average molecular weight is 477 g/mol. The fourth-order valence-electron chi connectivity index (χ4n) is 4.59. The molecule has 3 aromatic rings. The van der Waals surface area contributed by atoms with Crippen LogP contribution in [0.25, 0.3) is 16.6 Å². The van der Waals surface area contributed by atoms with Crippen LogP contribution in [-0.2, 0) is 4.79 Å². The molecule has 0 spiro atoms. The average Bonchev–Trinajstić information content (AvgIpc) is 3.25. The van der Waals surface area contributed by atoms with Gasteiger partial charge in [0.05, 0.1) is 23.0 Å². The van der Waals surface area contributed by atoms with E-state index in [-0.39, 0.29) is 29.9 Å². The lowest BCUT2D eigenvalue weighted by Gasteiger charge is -2.29. The molecule has 35 heavy (non-hydrogen) atoms. The van der Waals surface area contributed by atoms with Crippen LogP contribution < -0.4 is 21.7 Å². The summed E-state index contributed by atoms with van der Waals surface area (Å²) in [4.78, 5) is 36.0. The van der Waals surface area contributed by atoms with E-state index in [4.69, 9.17) is 5.73 Å². The predicted octanol–water partition coefficient (Wildman–Crippen LogP) is 3.10. The number of fused-ring (bicyclic) bond motifs is 1. The third-order valence-corrected chi connectivity index (χ3v) is 6.29. The first kappa shape index (κ1) is 24.3. The number of nitrogens with zero attached hydrogens (tertiary/aromatic N) is 2. The summed E-state index contributed by atoms with van der Waals surface area (Å²) in [5, 5.41) is 14.0. The van der Waals surface area contributed by atoms with Crippen molar-refractivity contribution in [3.63, 3.8) is 0 Å². The number of hydrogen-bond donors (Lipinski definition) is 4. The van der Waals surface area contributed by atoms with E-state index >= 15 is 0 Å². The van der Waals surface area contributed by atoms with Crippen LogP contribution in [0, 0.1) is 0 Å². The molecule has 0 bridgehead atoms. The normalized spacial score (nSPS) is 17.8. The van der Waals surface area contributed by atoms with Gasteiger partial charge >= 0.3 is 0 Å². The van der Waals surface area contributed by atoms with E-state index in [1.165, 1.54) is 6.92 Å². The van der Waals surface area contributed by atoms with Crippen molar-refractivity contribution in [3.8, 4) is 11.1 Å². The molecule has 1 fully saturated rings. The molecular weight excluding hydrogens is 444 g/mol. The number of carbonyl (C=O) groups excluding carboxylic acids is 3. The highest BCUT2D eigenvalue weighted by Gasteiger charge is 2.25. The highest BCUT2D eigenvalue weighted by Crippen LogP contribution is 2.30. The highest BCUT2D eigenvalue weighted by atomic mass is 16.2. The lowest BCUT2D eigenvalue weighted by atomic mass is 9.91. The molecule has 2 aromatic heterocycles. The molecule has 4 rings (SSSR count). The van der Waals surface area contributed by atoms with E-state index in [0.717, 1.165) is 48.0 Å². The Morgan fingerprint density at radius 1 is 1.00 bits per heavy atom. The van der Waals surface area contributed by atoms with Gasteiger partial charge in [-0.15, -0.1) is 0 Å². The van der Waals surface area contributed by atoms with Crippen LogP contribution in [-0.4, -0.2) is 45.5 Å². The van der Waals surface area contributed by atoms with E-state index in [9.17, 15) is 14.4 Å². The van der Waals surface area contributed by atoms with Gasteiger partial charge in [-0.25, -0.2) is 4.52 Å². The fourth-order valence-corrected chi connectivity index (χ4v) is 4.59. The Kier molecular flexibility index (Phi) is 7.04. The van der Waals surface area contributed by atoms with Crippen LogP contribution in [0.15, 0.2) is 42.7 Å². The van der Waals surface area contributed by atoms with Gasteiger partial charge in [0.25, 0.3) is 5.91 Å². The molecule has 184 valence electrons. The molecule has 1 saturated carbocycles. The number of nitrogens with two attached hydrogens (primary N) is 1. The van der Waals surface area contributed by atoms with Crippen LogP contribution in [0.1, 0.15) is 67.2 Å². The summed E-state index contributed by atoms with van der Waals surface area (Å²) in [5.41, 5.74) is 9.62. The number of benzene rings is 1. The van der Waals surface area contributed by atoms with Crippen LogP contribution >= 0.6 is 0 Å². The van der Waals surface area contributed by atoms with Gasteiger partial charge in [0.15, 0.2) is 0 Å². The van der Waals surface area contributed by atoms with Gasteiger partial charge in [0.1, 0.15) is 0 Å². The Bertz CT molecular complexity index is 1240. The lowest BCUT2D eigenvalue weighted by molar-refractivity contribution is -0.119. The smallest absolute Gasteiger partial charge is 0.255 e. The molecule has 3 amide bonds. The van der Waals surface area contributed by atoms with Gasteiger partial charge in [0.2, 0.25) is 11.8 Å². The predicted molar refractivity (Wildman–Crippen MR) is 135 cm³/mol. The summed E-state index contributed by atoms with van der Waals surface area (Å²) in [6.45, 7) is 5.58. The monoisotopic (exact) mass is 476 g/mol. The Balaban J connectivity index is 1.58. The van der Waals surface area contributed by atoms with Crippen LogP contribution in [0.5, 0.6) is 0 Å². The Labute approximate surface area is 204 Å². The van der Waals surface area contributed by atoms with Gasteiger partial charge in [0, 0.05) is 42.4 Å². The lowest BCUT2D eigenvalue weighted by Crippen LogP contribution is -2.43. The minimum Gasteiger partial charge on any atom is -0.380 e. The maximum atomic E-state index is 13.3. The molecule has 2 heterocycles. The number of amides is 3. The van der Waals surface area contributed by atoms with Crippen molar-refractivity contribution >= 4 is 28.9 Å². The molecule has 1 aliphatic rings. The molecule has 0 saturated heterocycles. The standard InChI is InChI=1S/C26H32N6O3/c1-15(2)29-24-22(26(35)31-21-10-8-20(9-11-21)30-16(3)33)13-28-32-14-19(12-23(24)32)17-4-6-18(7-5-17)25(27)34/h4-7,12-15,20-21,29H,8-11H2,1-3H3,(H2,27,34)(H,30,33)(H,31,35)/t20-,21-. The molecule has 1 aliphatic carbocycles. The number of rotatable bonds is 7. The van der Waals surface area contributed by atoms with Gasteiger partial charge in [-0.2, -0.15) is 5.10 Å². The van der Waals surface area contributed by atoms with Crippen molar-refractivity contribution in [2.24, 2.45) is 5.73 Å². The summed E-state index contributed by atoms with van der Waals surface area (Å²) < 4.78 is 1.75. The Morgan fingerprint density at radius 3 is 2.20 bits per heavy atom. The van der Waals surface area contributed by atoms with Crippen molar-refractivity contribution in [2.75, 3.05) is 5.32 Å². The van der Waals surface area contributed by atoms with Crippen molar-refractivity contribution in [2.45, 2.75) is 64.6 Å². The molecule has 0 radical (unpaired) electrons. The van der Waals surface area contributed by atoms with E-state index in [1.54, 1.807) is 22.8 Å². The topological polar surface area (TPSA) is 131 Å². The summed E-state index contributed by atoms with van der Waals surface area (Å²) in [7, 11) is 0. The molecule has 0 aliphatic heterocycles. The molecular formula is C26H32N6O3. The van der Waals surface area contributed by atoms with E-state index in [2.05, 4.69) is 21.0 Å². The number of aromatic nitrogens is 2. The fraction of sp³-hybridized carbons (Fsp3) is 0.385. The molecule has 0 atom stereocenters. The van der Waals surface area contributed by atoms with Gasteiger partial charge in [-0.05, 0) is 63.3 Å². The quantitative estimate of drug-likeness (QED) is 0.416. The molecule has 0 unspecified atom stereocenters. The first-order chi connectivity index (χ1) is 16.7. The minimum atomic E-state index is -0.470. The maximum Gasteiger partial charge on any atom is 0.255 e. The third-order valence-electron chi connectivity index (χ3n) is 6.29. The van der Waals surface area contributed by atoms with Crippen molar-refractivity contribution in [3.05, 3.63) is 53.9 Å². The summed E-state index contributed by atoms with van der Waals surface area (Å²) in [6.07, 6.45) is 6.80. The van der Waals surface area contributed by atoms with E-state index in [1.807, 2.05) is 38.2 Å². The number of hydrogen-bond acceptors (Lipinski definition) is 5. The minimum absolute atomic E-state index is 0.0170.